The first-order valence-corrected chi connectivity index (χ1v) is 26.0. The Kier molecular flexibility index (Phi) is 17.6. The molecule has 1 aromatic heterocycles. The first kappa shape index (κ1) is 53.1. The summed E-state index contributed by atoms with van der Waals surface area (Å²) < 4.78 is 86.2. The van der Waals surface area contributed by atoms with Gasteiger partial charge in [-0.3, -0.25) is 14.5 Å². The maximum atomic E-state index is 14.4. The number of carbonyl (C=O) groups excluding carboxylic acids is 2. The predicted octanol–water partition coefficient (Wildman–Crippen LogP) is 8.89. The Morgan fingerprint density at radius 3 is 2.25 bits per heavy atom. The minimum Gasteiger partial charge on any atom is -0.619 e. The number of esters is 1. The summed E-state index contributed by atoms with van der Waals surface area (Å²) in [6.07, 6.45) is 4.56. The van der Waals surface area contributed by atoms with Crippen LogP contribution in [0.1, 0.15) is 78.5 Å². The maximum absolute atomic E-state index is 14.4. The predicted molar refractivity (Wildman–Crippen MR) is 263 cm³/mol. The highest BCUT2D eigenvalue weighted by molar-refractivity contribution is 7.89. The van der Waals surface area contributed by atoms with E-state index in [1.54, 1.807) is 18.2 Å². The SMILES string of the molecule is O=C(N[C@@H](c1ccccc1)c1cccc(OCc2cccc(S(=O)(=O)N3CCC[C@H]3C(=O)O[C@@H](Cc3c(Cl)c[n+]([O-])cc3Cl)c3ccc(OC(F)F)c(OCC4CC4)c3)c2)c1)O[C@H]1CN2CCC1CC2.O=CO. The lowest BCUT2D eigenvalue weighted by atomic mass is 9.86. The number of halogens is 4. The standard InChI is InChI=1S/C51H52Cl2F2N4O10S.CH2O2/c52-41-27-58(62)28-42(53)40(41)26-45(36-16-17-44(68-50(54)55)46(25-36)66-30-32-14-15-32)67-49(60)43-13-6-20-59(43)70(63,64)39-12-4-7-33(23-39)31-65-38-11-5-10-37(24-38)48(35-8-2-1-3-9-35)56-51(61)69-47-29-57-21-18-34(47)19-22-57;2-1-3/h1-5,7-12,16-17,23-25,27-28,32,34,43,45,47-48,50H,6,13-15,18-22,26,29-31H2,(H,56,61);1H,(H,2,3)/t43-,45-,47-,48-;/m0./s1. The molecule has 0 radical (unpaired) electrons. The second-order valence-electron chi connectivity index (χ2n) is 18.2. The number of benzene rings is 4. The summed E-state index contributed by atoms with van der Waals surface area (Å²) in [5.74, 6) is 0.0191. The number of pyridine rings is 1. The number of carbonyl (C=O) groups is 3. The third-order valence-corrected chi connectivity index (χ3v) is 15.8. The molecule has 1 aliphatic carbocycles. The van der Waals surface area contributed by atoms with Gasteiger partial charge in [-0.15, -0.1) is 0 Å². The van der Waals surface area contributed by atoms with Crippen molar-refractivity contribution in [2.75, 3.05) is 32.8 Å². The number of amides is 1. The molecule has 16 nitrogen and oxygen atoms in total. The molecule has 5 aliphatic rings. The van der Waals surface area contributed by atoms with Crippen LogP contribution in [0.5, 0.6) is 17.2 Å². The highest BCUT2D eigenvalue weighted by Crippen LogP contribution is 2.39. The molecule has 21 heteroatoms. The van der Waals surface area contributed by atoms with E-state index in [1.807, 2.05) is 48.5 Å². The first-order chi connectivity index (χ1) is 35.2. The van der Waals surface area contributed by atoms with E-state index >= 15 is 0 Å². The monoisotopic (exact) mass is 1070 g/mol. The third kappa shape index (κ3) is 13.7. The van der Waals surface area contributed by atoms with Crippen LogP contribution in [-0.2, 0) is 42.1 Å². The number of piperidine rings is 3. The lowest BCUT2D eigenvalue weighted by Gasteiger charge is -2.43. The highest BCUT2D eigenvalue weighted by Gasteiger charge is 2.42. The molecule has 4 atom stereocenters. The van der Waals surface area contributed by atoms with Crippen LogP contribution in [0.15, 0.2) is 114 Å². The molecule has 5 aromatic rings. The van der Waals surface area contributed by atoms with Gasteiger partial charge in [-0.05, 0) is 122 Å². The Morgan fingerprint density at radius 2 is 1.56 bits per heavy atom. The normalized spacial score (nSPS) is 20.2. The van der Waals surface area contributed by atoms with Crippen LogP contribution in [0.3, 0.4) is 0 Å². The molecule has 73 heavy (non-hydrogen) atoms. The van der Waals surface area contributed by atoms with Crippen molar-refractivity contribution in [3.8, 4) is 17.2 Å². The molecule has 1 amide bonds. The molecule has 2 N–H and O–H groups in total. The van der Waals surface area contributed by atoms with E-state index in [9.17, 15) is 32.0 Å². The van der Waals surface area contributed by atoms with Crippen LogP contribution in [-0.4, -0.2) is 92.8 Å². The molecule has 0 spiro atoms. The minimum atomic E-state index is -4.29. The molecular formula is C52H54Cl2F2N4O12S. The van der Waals surface area contributed by atoms with E-state index in [4.69, 9.17) is 56.8 Å². The lowest BCUT2D eigenvalue weighted by Crippen LogP contribution is -2.52. The van der Waals surface area contributed by atoms with Gasteiger partial charge < -0.3 is 39.3 Å². The van der Waals surface area contributed by atoms with Crippen LogP contribution >= 0.6 is 23.2 Å². The Morgan fingerprint density at radius 1 is 0.849 bits per heavy atom. The minimum absolute atomic E-state index is 0.0000720. The van der Waals surface area contributed by atoms with Gasteiger partial charge >= 0.3 is 18.7 Å². The Bertz CT molecular complexity index is 2820. The Labute approximate surface area is 431 Å². The molecule has 10 rings (SSSR count). The van der Waals surface area contributed by atoms with Gasteiger partial charge in [-0.1, -0.05) is 83.9 Å². The zero-order valence-corrected chi connectivity index (χ0v) is 41.7. The van der Waals surface area contributed by atoms with Gasteiger partial charge in [0.2, 0.25) is 10.0 Å². The molecule has 4 aromatic carbocycles. The largest absolute Gasteiger partial charge is 0.619 e. The Balaban J connectivity index is 0.00000231. The number of nitrogens with zero attached hydrogens (tertiary/aromatic N) is 3. The molecule has 2 bridgehead atoms. The summed E-state index contributed by atoms with van der Waals surface area (Å²) >= 11 is 12.9. The van der Waals surface area contributed by atoms with Gasteiger partial charge in [-0.2, -0.15) is 17.8 Å². The molecule has 388 valence electrons. The summed E-state index contributed by atoms with van der Waals surface area (Å²) in [5, 5.41) is 22.0. The van der Waals surface area contributed by atoms with Gasteiger partial charge in [-0.25, -0.2) is 13.2 Å². The van der Waals surface area contributed by atoms with Crippen LogP contribution < -0.4 is 24.3 Å². The number of nitrogens with one attached hydrogen (secondary N) is 1. The second-order valence-corrected chi connectivity index (χ2v) is 20.9. The summed E-state index contributed by atoms with van der Waals surface area (Å²) in [4.78, 5) is 38.3. The zero-order valence-electron chi connectivity index (χ0n) is 39.4. The molecule has 4 saturated heterocycles. The summed E-state index contributed by atoms with van der Waals surface area (Å²) in [6.45, 7) is -0.308. The number of ether oxygens (including phenoxy) is 5. The number of sulfonamides is 1. The van der Waals surface area contributed by atoms with Crippen molar-refractivity contribution in [2.45, 2.75) is 87.4 Å². The van der Waals surface area contributed by atoms with Crippen molar-refractivity contribution in [1.29, 1.82) is 0 Å². The number of alkyl carbamates (subject to hydrolysis) is 1. The summed E-state index contributed by atoms with van der Waals surface area (Å²) in [5.41, 5.74) is 2.71. The number of rotatable bonds is 19. The average molecular weight is 1070 g/mol. The van der Waals surface area contributed by atoms with Crippen LogP contribution in [0.2, 0.25) is 10.0 Å². The van der Waals surface area contributed by atoms with E-state index in [0.29, 0.717) is 33.9 Å². The number of carboxylic acid groups (broad SMARTS) is 1. The van der Waals surface area contributed by atoms with E-state index in [2.05, 4.69) is 10.2 Å². The van der Waals surface area contributed by atoms with Gasteiger partial charge in [0.1, 0.15) is 40.7 Å². The fourth-order valence-corrected chi connectivity index (χ4v) is 11.7. The summed E-state index contributed by atoms with van der Waals surface area (Å²) in [7, 11) is -4.29. The van der Waals surface area contributed by atoms with Crippen molar-refractivity contribution < 1.29 is 65.1 Å². The maximum Gasteiger partial charge on any atom is 0.408 e. The molecule has 4 aliphatic heterocycles. The van der Waals surface area contributed by atoms with Crippen molar-refractivity contribution >= 4 is 51.8 Å². The van der Waals surface area contributed by atoms with E-state index in [1.165, 1.54) is 30.3 Å². The molecule has 1 saturated carbocycles. The van der Waals surface area contributed by atoms with Crippen molar-refractivity contribution in [3.05, 3.63) is 153 Å². The quantitative estimate of drug-likeness (QED) is 0.0345. The lowest BCUT2D eigenvalue weighted by molar-refractivity contribution is -0.605. The van der Waals surface area contributed by atoms with Crippen LogP contribution in [0.4, 0.5) is 13.6 Å². The number of hydrogen-bond donors (Lipinski definition) is 2. The van der Waals surface area contributed by atoms with Gasteiger partial charge in [0.15, 0.2) is 23.9 Å². The molecule has 0 unspecified atom stereocenters. The topological polar surface area (TPSA) is 197 Å². The van der Waals surface area contributed by atoms with Crippen LogP contribution in [0, 0.1) is 17.0 Å². The number of aromatic nitrogens is 1. The van der Waals surface area contributed by atoms with Crippen molar-refractivity contribution in [1.82, 2.24) is 14.5 Å². The highest BCUT2D eigenvalue weighted by atomic mass is 35.5. The third-order valence-electron chi connectivity index (χ3n) is 13.3. The smallest absolute Gasteiger partial charge is 0.408 e. The Hall–Kier alpha value is -6.25. The van der Waals surface area contributed by atoms with Crippen LogP contribution in [0.25, 0.3) is 0 Å². The first-order valence-electron chi connectivity index (χ1n) is 23.8. The van der Waals surface area contributed by atoms with E-state index in [-0.39, 0.29) is 83.1 Å². The van der Waals surface area contributed by atoms with E-state index in [0.717, 1.165) is 73.1 Å². The number of fused-ring (bicyclic) bond motifs is 3. The van der Waals surface area contributed by atoms with Gasteiger partial charge in [0, 0.05) is 25.1 Å². The van der Waals surface area contributed by atoms with E-state index < -0.39 is 46.9 Å². The molecular weight excluding hydrogens is 1010 g/mol. The second kappa shape index (κ2) is 24.2. The van der Waals surface area contributed by atoms with Crippen molar-refractivity contribution in [3.63, 3.8) is 0 Å². The molecule has 5 fully saturated rings. The average Bonchev–Trinajstić information content (AvgIpc) is 4.07. The fraction of sp³-hybridized carbons (Fsp3) is 0.385. The zero-order chi connectivity index (χ0) is 51.6. The van der Waals surface area contributed by atoms with Gasteiger partial charge in [0.25, 0.3) is 6.47 Å². The van der Waals surface area contributed by atoms with Crippen molar-refractivity contribution in [2.24, 2.45) is 11.8 Å². The van der Waals surface area contributed by atoms with Gasteiger partial charge in [0.05, 0.1) is 17.5 Å². The fourth-order valence-electron chi connectivity index (χ4n) is 9.36. The molecule has 5 heterocycles. The number of alkyl halides is 2. The number of hydrogen-bond acceptors (Lipinski definition) is 12. The summed E-state index contributed by atoms with van der Waals surface area (Å²) in [6, 6.07) is 25.5.